The van der Waals surface area contributed by atoms with Crippen molar-refractivity contribution >= 4 is 11.9 Å². The van der Waals surface area contributed by atoms with E-state index in [1.807, 2.05) is 4.90 Å². The highest BCUT2D eigenvalue weighted by atomic mass is 16.2. The summed E-state index contributed by atoms with van der Waals surface area (Å²) in [6.45, 7) is 13.5. The molecule has 4 rings (SSSR count). The number of imide groups is 1. The molecule has 4 aliphatic rings. The van der Waals surface area contributed by atoms with E-state index < -0.39 is 5.54 Å². The second kappa shape index (κ2) is 10.1. The first kappa shape index (κ1) is 24.8. The summed E-state index contributed by atoms with van der Waals surface area (Å²) in [6, 6.07) is -0.00870. The van der Waals surface area contributed by atoms with Crippen LogP contribution in [-0.4, -0.2) is 64.9 Å². The van der Waals surface area contributed by atoms with Gasteiger partial charge in [0, 0.05) is 32.7 Å². The Hall–Kier alpha value is -1.36. The zero-order chi connectivity index (χ0) is 23.6. The molecule has 5 heteroatoms. The number of urea groups is 1. The minimum absolute atomic E-state index is 0.00870. The molecule has 2 aliphatic carbocycles. The molecule has 0 aromatic carbocycles. The van der Waals surface area contributed by atoms with Crippen LogP contribution in [0.25, 0.3) is 0 Å². The lowest BCUT2D eigenvalue weighted by atomic mass is 9.71. The van der Waals surface area contributed by atoms with Gasteiger partial charge in [0.25, 0.3) is 5.91 Å². The quantitative estimate of drug-likeness (QED) is 0.348. The van der Waals surface area contributed by atoms with Crippen molar-refractivity contribution in [2.45, 2.75) is 110 Å². The van der Waals surface area contributed by atoms with Crippen LogP contribution in [0.5, 0.6) is 0 Å². The van der Waals surface area contributed by atoms with Crippen LogP contribution < -0.4 is 0 Å². The highest BCUT2D eigenvalue weighted by Crippen LogP contribution is 2.43. The molecule has 1 saturated carbocycles. The summed E-state index contributed by atoms with van der Waals surface area (Å²) < 4.78 is 0. The molecule has 0 unspecified atom stereocenters. The van der Waals surface area contributed by atoms with Crippen molar-refractivity contribution in [3.05, 3.63) is 11.1 Å². The maximum atomic E-state index is 13.7. The molecule has 0 atom stereocenters. The fraction of sp³-hybridized carbons (Fsp3) is 0.857. The number of hydrogen-bond donors (Lipinski definition) is 0. The smallest absolute Gasteiger partial charge is 0.309 e. The number of rotatable bonds is 7. The minimum atomic E-state index is -0.586. The molecule has 1 spiro atoms. The van der Waals surface area contributed by atoms with Gasteiger partial charge in [-0.1, -0.05) is 51.2 Å². The fourth-order valence-electron chi connectivity index (χ4n) is 7.23. The summed E-state index contributed by atoms with van der Waals surface area (Å²) in [5.41, 5.74) is 3.00. The molecule has 2 aliphatic heterocycles. The van der Waals surface area contributed by atoms with Gasteiger partial charge in [-0.25, -0.2) is 4.79 Å². The van der Waals surface area contributed by atoms with Gasteiger partial charge in [0.05, 0.1) is 0 Å². The Kier molecular flexibility index (Phi) is 7.57. The molecule has 0 aromatic rings. The summed E-state index contributed by atoms with van der Waals surface area (Å²) in [5.74, 6) is 0.610. The predicted octanol–water partition coefficient (Wildman–Crippen LogP) is 5.99. The van der Waals surface area contributed by atoms with Gasteiger partial charge in [0.1, 0.15) is 5.54 Å². The van der Waals surface area contributed by atoms with Crippen molar-refractivity contribution in [1.82, 2.24) is 14.7 Å². The summed E-state index contributed by atoms with van der Waals surface area (Å²) in [4.78, 5) is 33.3. The first-order chi connectivity index (χ1) is 15.8. The van der Waals surface area contributed by atoms with E-state index in [0.717, 1.165) is 58.2 Å². The average Bonchev–Trinajstić information content (AvgIpc) is 2.97. The molecule has 5 nitrogen and oxygen atoms in total. The van der Waals surface area contributed by atoms with Crippen molar-refractivity contribution < 1.29 is 9.59 Å². The Morgan fingerprint density at radius 3 is 2.27 bits per heavy atom. The predicted molar refractivity (Wildman–Crippen MR) is 134 cm³/mol. The van der Waals surface area contributed by atoms with Crippen LogP contribution in [0.3, 0.4) is 0 Å². The third-order valence-electron chi connectivity index (χ3n) is 9.28. The normalized spacial score (nSPS) is 26.7. The van der Waals surface area contributed by atoms with Gasteiger partial charge >= 0.3 is 6.03 Å². The van der Waals surface area contributed by atoms with Gasteiger partial charge < -0.3 is 9.80 Å². The summed E-state index contributed by atoms with van der Waals surface area (Å²) in [7, 11) is 0. The van der Waals surface area contributed by atoms with E-state index in [4.69, 9.17) is 0 Å². The number of nitrogens with zero attached hydrogens (tertiary/aromatic N) is 3. The standard InChI is InChI=1S/C28H47N3O2/c1-5-17-31-26(33)30(21-23-11-7-6-8-12-23)25(32)28(31)15-19-29(20-16-28)18-13-24-22(2)10-9-14-27(24,3)4/h23H,5-21H2,1-4H3. The maximum Gasteiger partial charge on any atom is 0.327 e. The van der Waals surface area contributed by atoms with E-state index in [9.17, 15) is 9.59 Å². The van der Waals surface area contributed by atoms with Crippen molar-refractivity contribution in [2.24, 2.45) is 11.3 Å². The molecule has 2 heterocycles. The second-order valence-electron chi connectivity index (χ2n) is 12.0. The Balaban J connectivity index is 1.40. The molecule has 3 amide bonds. The van der Waals surface area contributed by atoms with Crippen molar-refractivity contribution in [1.29, 1.82) is 0 Å². The largest absolute Gasteiger partial charge is 0.327 e. The van der Waals surface area contributed by atoms with Crippen LogP contribution in [0.1, 0.15) is 105 Å². The van der Waals surface area contributed by atoms with Crippen molar-refractivity contribution in [3.8, 4) is 0 Å². The molecule has 186 valence electrons. The lowest BCUT2D eigenvalue weighted by Crippen LogP contribution is -2.56. The first-order valence-electron chi connectivity index (χ1n) is 13.8. The third kappa shape index (κ3) is 4.90. The number of amides is 3. The van der Waals surface area contributed by atoms with Crippen LogP contribution in [0, 0.1) is 11.3 Å². The second-order valence-corrected chi connectivity index (χ2v) is 12.0. The molecular formula is C28H47N3O2. The number of piperidine rings is 1. The van der Waals surface area contributed by atoms with E-state index in [-0.39, 0.29) is 11.9 Å². The lowest BCUT2D eigenvalue weighted by molar-refractivity contribution is -0.136. The Bertz CT molecular complexity index is 757. The van der Waals surface area contributed by atoms with E-state index in [1.165, 1.54) is 38.5 Å². The molecular weight excluding hydrogens is 410 g/mol. The Morgan fingerprint density at radius 2 is 1.64 bits per heavy atom. The van der Waals surface area contributed by atoms with Crippen LogP contribution in [0.2, 0.25) is 0 Å². The molecule has 0 aromatic heterocycles. The van der Waals surface area contributed by atoms with Gasteiger partial charge in [-0.05, 0) is 76.0 Å². The van der Waals surface area contributed by atoms with Crippen LogP contribution in [-0.2, 0) is 4.79 Å². The molecule has 3 fully saturated rings. The van der Waals surface area contributed by atoms with E-state index >= 15 is 0 Å². The van der Waals surface area contributed by atoms with Gasteiger partial charge in [-0.15, -0.1) is 0 Å². The number of carbonyl (C=O) groups excluding carboxylic acids is 2. The SMILES string of the molecule is CCCN1C(=O)N(CC2CCCCC2)C(=O)C12CCN(CCC1=C(C)CCCC1(C)C)CC2. The Morgan fingerprint density at radius 1 is 0.939 bits per heavy atom. The number of likely N-dealkylation sites (tertiary alicyclic amines) is 1. The highest BCUT2D eigenvalue weighted by molar-refractivity contribution is 6.07. The first-order valence-corrected chi connectivity index (χ1v) is 13.8. The summed E-state index contributed by atoms with van der Waals surface area (Å²) in [6.07, 6.45) is 13.6. The zero-order valence-electron chi connectivity index (χ0n) is 21.8. The lowest BCUT2D eigenvalue weighted by Gasteiger charge is -2.43. The minimum Gasteiger partial charge on any atom is -0.309 e. The topological polar surface area (TPSA) is 43.9 Å². The number of hydrogen-bond acceptors (Lipinski definition) is 3. The van der Waals surface area contributed by atoms with Gasteiger partial charge in [-0.3, -0.25) is 9.69 Å². The van der Waals surface area contributed by atoms with Gasteiger partial charge in [-0.2, -0.15) is 0 Å². The average molecular weight is 458 g/mol. The molecule has 0 bridgehead atoms. The van der Waals surface area contributed by atoms with Gasteiger partial charge in [0.2, 0.25) is 0 Å². The van der Waals surface area contributed by atoms with E-state index in [0.29, 0.717) is 24.4 Å². The zero-order valence-corrected chi connectivity index (χ0v) is 21.8. The van der Waals surface area contributed by atoms with E-state index in [2.05, 4.69) is 32.6 Å². The maximum absolute atomic E-state index is 13.7. The third-order valence-corrected chi connectivity index (χ3v) is 9.28. The monoisotopic (exact) mass is 457 g/mol. The van der Waals surface area contributed by atoms with Crippen LogP contribution in [0.4, 0.5) is 4.79 Å². The summed E-state index contributed by atoms with van der Waals surface area (Å²) >= 11 is 0. The van der Waals surface area contributed by atoms with Gasteiger partial charge in [0.15, 0.2) is 0 Å². The fourth-order valence-corrected chi connectivity index (χ4v) is 7.23. The summed E-state index contributed by atoms with van der Waals surface area (Å²) in [5, 5.41) is 0. The Labute approximate surface area is 201 Å². The van der Waals surface area contributed by atoms with Crippen LogP contribution in [0.15, 0.2) is 11.1 Å². The van der Waals surface area contributed by atoms with Crippen molar-refractivity contribution in [2.75, 3.05) is 32.7 Å². The molecule has 2 saturated heterocycles. The highest BCUT2D eigenvalue weighted by Gasteiger charge is 2.57. The van der Waals surface area contributed by atoms with E-state index in [1.54, 1.807) is 16.0 Å². The molecule has 0 N–H and O–H groups in total. The molecule has 33 heavy (non-hydrogen) atoms. The number of carbonyl (C=O) groups is 2. The number of allylic oxidation sites excluding steroid dienone is 1. The van der Waals surface area contributed by atoms with Crippen molar-refractivity contribution in [3.63, 3.8) is 0 Å². The van der Waals surface area contributed by atoms with Crippen LogP contribution >= 0.6 is 0 Å². The molecule has 0 radical (unpaired) electrons.